The highest BCUT2D eigenvalue weighted by molar-refractivity contribution is 5.91. The Morgan fingerprint density at radius 3 is 2.41 bits per heavy atom. The van der Waals surface area contributed by atoms with E-state index in [1.54, 1.807) is 0 Å². The normalized spacial score (nSPS) is 24.1. The maximum absolute atomic E-state index is 13.8. The quantitative estimate of drug-likeness (QED) is 0.155. The first-order valence-corrected chi connectivity index (χ1v) is 13.1. The average Bonchev–Trinajstić information content (AvgIpc) is 3.42. The summed E-state index contributed by atoms with van der Waals surface area (Å²) in [5, 5.41) is 70.8. The molecule has 2 aromatic carbocycles. The van der Waals surface area contributed by atoms with E-state index in [0.29, 0.717) is 0 Å². The number of aliphatic hydroxyl groups is 4. The second-order valence-electron chi connectivity index (χ2n) is 10.5. The molecule has 236 valence electrons. The highest BCUT2D eigenvalue weighted by atomic mass is 16.7. The molecule has 44 heavy (non-hydrogen) atoms. The maximum Gasteiger partial charge on any atom is 0.308 e. The van der Waals surface area contributed by atoms with Crippen LogP contribution in [0.2, 0.25) is 0 Å². The predicted molar refractivity (Wildman–Crippen MR) is 143 cm³/mol. The van der Waals surface area contributed by atoms with Crippen LogP contribution in [0.5, 0.6) is 28.7 Å². The van der Waals surface area contributed by atoms with Gasteiger partial charge in [-0.15, -0.1) is 0 Å². The van der Waals surface area contributed by atoms with E-state index in [1.165, 1.54) is 30.3 Å². The zero-order valence-electron chi connectivity index (χ0n) is 22.9. The fourth-order valence-electron chi connectivity index (χ4n) is 4.78. The van der Waals surface area contributed by atoms with E-state index < -0.39 is 84.6 Å². The lowest BCUT2D eigenvalue weighted by Gasteiger charge is -2.39. The third-order valence-corrected chi connectivity index (χ3v) is 6.95. The standard InChI is InChI=1S/C28H28O16/c1-28(38,7-16(30)31)8-17(32)39-9-15-19(33)22(36)23(37)27(43-15)44-26-21(35)18-13(6-14-25(20(18)34)41-10-40-14)42-24(26)11-2-4-12(29)5-3-11/h2-6,15,19,22-23,27,29,33-34,36-38H,7-10H2,1H3,(H,30,31)/t15-,19-,22+,23-,27+,28?/m1/s1. The number of hydrogen-bond acceptors (Lipinski definition) is 15. The van der Waals surface area contributed by atoms with Gasteiger partial charge in [0.15, 0.2) is 17.3 Å². The second-order valence-corrected chi connectivity index (χ2v) is 10.5. The van der Waals surface area contributed by atoms with Gasteiger partial charge in [-0.2, -0.15) is 0 Å². The van der Waals surface area contributed by atoms with Crippen LogP contribution in [0.4, 0.5) is 0 Å². The second kappa shape index (κ2) is 11.8. The number of carbonyl (C=O) groups excluding carboxylic acids is 1. The molecule has 7 N–H and O–H groups in total. The van der Waals surface area contributed by atoms with Crippen molar-refractivity contribution in [3.8, 4) is 40.1 Å². The summed E-state index contributed by atoms with van der Waals surface area (Å²) in [4.78, 5) is 36.9. The van der Waals surface area contributed by atoms with Crippen molar-refractivity contribution >= 4 is 22.9 Å². The lowest BCUT2D eigenvalue weighted by molar-refractivity contribution is -0.278. The molecule has 0 radical (unpaired) electrons. The van der Waals surface area contributed by atoms with Crippen molar-refractivity contribution in [1.29, 1.82) is 0 Å². The molecule has 5 rings (SSSR count). The zero-order chi connectivity index (χ0) is 31.9. The first kappa shape index (κ1) is 30.8. The molecule has 3 heterocycles. The number of aromatic hydroxyl groups is 2. The summed E-state index contributed by atoms with van der Waals surface area (Å²) in [6.07, 6.45) is -10.6. The summed E-state index contributed by atoms with van der Waals surface area (Å²) >= 11 is 0. The number of carboxylic acids is 1. The first-order valence-electron chi connectivity index (χ1n) is 13.1. The molecule has 0 saturated carbocycles. The molecule has 0 aliphatic carbocycles. The minimum Gasteiger partial charge on any atom is -0.508 e. The van der Waals surface area contributed by atoms with E-state index in [9.17, 15) is 45.0 Å². The molecule has 2 aliphatic rings. The van der Waals surface area contributed by atoms with Crippen LogP contribution in [-0.2, 0) is 19.1 Å². The third kappa shape index (κ3) is 6.06. The lowest BCUT2D eigenvalue weighted by Crippen LogP contribution is -2.60. The van der Waals surface area contributed by atoms with Gasteiger partial charge in [-0.05, 0) is 31.2 Å². The van der Waals surface area contributed by atoms with Crippen molar-refractivity contribution < 1.29 is 73.4 Å². The monoisotopic (exact) mass is 620 g/mol. The molecule has 0 bridgehead atoms. The number of benzene rings is 2. The van der Waals surface area contributed by atoms with Crippen LogP contribution in [0.25, 0.3) is 22.3 Å². The SMILES string of the molecule is CC(O)(CC(=O)O)CC(=O)OC[C@H]1O[C@@H](Oc2c(-c3ccc(O)cc3)oc3cc4c(c(O)c3c2=O)OCO4)[C@H](O)[C@@H](O)[C@@H]1O. The molecule has 1 unspecified atom stereocenters. The van der Waals surface area contributed by atoms with Crippen LogP contribution < -0.4 is 19.6 Å². The molecule has 3 aromatic rings. The van der Waals surface area contributed by atoms with Crippen molar-refractivity contribution in [1.82, 2.24) is 0 Å². The molecule has 0 amide bonds. The van der Waals surface area contributed by atoms with Crippen molar-refractivity contribution in [3.63, 3.8) is 0 Å². The van der Waals surface area contributed by atoms with Gasteiger partial charge in [0.05, 0.1) is 18.4 Å². The summed E-state index contributed by atoms with van der Waals surface area (Å²) in [6.45, 7) is 0.158. The largest absolute Gasteiger partial charge is 0.508 e. The van der Waals surface area contributed by atoms with E-state index in [2.05, 4.69) is 0 Å². The van der Waals surface area contributed by atoms with Crippen molar-refractivity contribution in [2.75, 3.05) is 13.4 Å². The fourth-order valence-corrected chi connectivity index (χ4v) is 4.78. The number of phenols is 2. The van der Waals surface area contributed by atoms with Gasteiger partial charge in [0.25, 0.3) is 0 Å². The van der Waals surface area contributed by atoms with Crippen molar-refractivity contribution in [3.05, 3.63) is 40.6 Å². The summed E-state index contributed by atoms with van der Waals surface area (Å²) < 4.78 is 32.7. The number of aliphatic carboxylic acids is 1. The molecule has 0 spiro atoms. The van der Waals surface area contributed by atoms with E-state index in [4.69, 9.17) is 33.2 Å². The average molecular weight is 621 g/mol. The number of carboxylic acid groups (broad SMARTS) is 1. The van der Waals surface area contributed by atoms with Crippen LogP contribution in [0.15, 0.2) is 39.5 Å². The third-order valence-electron chi connectivity index (χ3n) is 6.95. The number of fused-ring (bicyclic) bond motifs is 2. The van der Waals surface area contributed by atoms with Gasteiger partial charge < -0.3 is 63.8 Å². The minimum absolute atomic E-state index is 0.105. The number of rotatable bonds is 9. The Kier molecular flexibility index (Phi) is 8.28. The Balaban J connectivity index is 1.46. The van der Waals surface area contributed by atoms with Crippen LogP contribution in [0.3, 0.4) is 0 Å². The fraction of sp³-hybridized carbons (Fsp3) is 0.393. The summed E-state index contributed by atoms with van der Waals surface area (Å²) in [5.41, 5.74) is -2.81. The van der Waals surface area contributed by atoms with E-state index in [-0.39, 0.29) is 46.3 Å². The number of phenolic OH excluding ortho intramolecular Hbond substituents is 2. The number of ether oxygens (including phenoxy) is 5. The molecule has 1 saturated heterocycles. The first-order chi connectivity index (χ1) is 20.8. The number of carbonyl (C=O) groups is 2. The van der Waals surface area contributed by atoms with Gasteiger partial charge >= 0.3 is 11.9 Å². The Morgan fingerprint density at radius 2 is 1.73 bits per heavy atom. The molecule has 16 nitrogen and oxygen atoms in total. The maximum atomic E-state index is 13.8. The van der Waals surface area contributed by atoms with Gasteiger partial charge in [0.2, 0.25) is 30.0 Å². The van der Waals surface area contributed by atoms with Crippen LogP contribution in [-0.4, -0.2) is 97.4 Å². The summed E-state index contributed by atoms with van der Waals surface area (Å²) in [6, 6.07) is 6.68. The molecule has 1 fully saturated rings. The lowest BCUT2D eigenvalue weighted by atomic mass is 9.98. The number of esters is 1. The number of aliphatic hydroxyl groups excluding tert-OH is 3. The van der Waals surface area contributed by atoms with Gasteiger partial charge in [-0.1, -0.05) is 0 Å². The van der Waals surface area contributed by atoms with Gasteiger partial charge in [0, 0.05) is 11.6 Å². The topological polar surface area (TPSA) is 252 Å². The minimum atomic E-state index is -1.96. The van der Waals surface area contributed by atoms with Crippen molar-refractivity contribution in [2.24, 2.45) is 0 Å². The van der Waals surface area contributed by atoms with Gasteiger partial charge in [-0.25, -0.2) is 0 Å². The predicted octanol–water partition coefficient (Wildman–Crippen LogP) is -0.0547. The molecule has 6 atom stereocenters. The highest BCUT2D eigenvalue weighted by Crippen LogP contribution is 2.46. The van der Waals surface area contributed by atoms with Gasteiger partial charge in [-0.3, -0.25) is 14.4 Å². The number of hydrogen-bond donors (Lipinski definition) is 7. The highest BCUT2D eigenvalue weighted by Gasteiger charge is 2.46. The van der Waals surface area contributed by atoms with Crippen molar-refractivity contribution in [2.45, 2.75) is 56.1 Å². The molecular weight excluding hydrogens is 592 g/mol. The Morgan fingerprint density at radius 1 is 1.02 bits per heavy atom. The summed E-state index contributed by atoms with van der Waals surface area (Å²) in [7, 11) is 0. The Labute approximate surface area is 246 Å². The Bertz CT molecular complexity index is 1630. The Hall–Kier alpha value is -4.61. The van der Waals surface area contributed by atoms with E-state index >= 15 is 0 Å². The van der Waals surface area contributed by atoms with E-state index in [1.807, 2.05) is 0 Å². The molecule has 16 heteroatoms. The van der Waals surface area contributed by atoms with Crippen LogP contribution >= 0.6 is 0 Å². The van der Waals surface area contributed by atoms with Crippen LogP contribution in [0.1, 0.15) is 19.8 Å². The smallest absolute Gasteiger partial charge is 0.308 e. The summed E-state index contributed by atoms with van der Waals surface area (Å²) in [5.74, 6) is -3.98. The molecule has 1 aromatic heterocycles. The van der Waals surface area contributed by atoms with Crippen LogP contribution in [0, 0.1) is 0 Å². The molecule has 2 aliphatic heterocycles. The zero-order valence-corrected chi connectivity index (χ0v) is 22.9. The van der Waals surface area contributed by atoms with E-state index in [0.717, 1.165) is 6.92 Å². The molecular formula is C28H28O16. The van der Waals surface area contributed by atoms with Gasteiger partial charge in [0.1, 0.15) is 47.7 Å².